The van der Waals surface area contributed by atoms with Crippen LogP contribution < -0.4 is 0 Å². The van der Waals surface area contributed by atoms with Crippen molar-refractivity contribution in [3.8, 4) is 0 Å². The van der Waals surface area contributed by atoms with E-state index >= 15 is 0 Å². The lowest BCUT2D eigenvalue weighted by atomic mass is 10.1. The molecule has 0 radical (unpaired) electrons. The van der Waals surface area contributed by atoms with Gasteiger partial charge in [0.1, 0.15) is 11.6 Å². The summed E-state index contributed by atoms with van der Waals surface area (Å²) >= 11 is 0. The number of esters is 1. The van der Waals surface area contributed by atoms with Crippen LogP contribution >= 0.6 is 0 Å². The molecule has 31 heavy (non-hydrogen) atoms. The lowest BCUT2D eigenvalue weighted by Gasteiger charge is -1.97. The number of benzene rings is 2. The smallest absolute Gasteiger partial charge is 0.330 e. The molecule has 0 aliphatic heterocycles. The van der Waals surface area contributed by atoms with Crippen LogP contribution in [0.1, 0.15) is 31.9 Å². The van der Waals surface area contributed by atoms with Crippen molar-refractivity contribution in [3.63, 3.8) is 0 Å². The Morgan fingerprint density at radius 1 is 0.839 bits per heavy atom. The van der Waals surface area contributed by atoms with Crippen molar-refractivity contribution in [2.45, 2.75) is 20.8 Å². The van der Waals surface area contributed by atoms with Crippen LogP contribution in [0.2, 0.25) is 0 Å². The highest BCUT2D eigenvalue weighted by Gasteiger charge is 1.94. The summed E-state index contributed by atoms with van der Waals surface area (Å²) in [4.78, 5) is 11.1. The highest BCUT2D eigenvalue weighted by Crippen LogP contribution is 2.09. The highest BCUT2D eigenvalue weighted by molar-refractivity contribution is 5.82. The summed E-state index contributed by atoms with van der Waals surface area (Å²) in [5, 5.41) is 8.55. The Morgan fingerprint density at radius 2 is 1.29 bits per heavy atom. The quantitative estimate of drug-likeness (QED) is 0.329. The van der Waals surface area contributed by atoms with Gasteiger partial charge in [0.15, 0.2) is 0 Å². The molecule has 0 fully saturated rings. The molecule has 0 bridgehead atoms. The van der Waals surface area contributed by atoms with Crippen LogP contribution in [-0.2, 0) is 9.53 Å². The molecule has 2 aromatic carbocycles. The lowest BCUT2D eigenvalue weighted by Crippen LogP contribution is -1.98. The standard InChI is InChI=1S/C14H15FO2.C12H13FO/c1-3-17-14(16)9-4-11(2)10-12-5-7-13(15)8-6-12;1-10(3-2-8-14)9-11-4-6-12(13)7-5-11/h4-10H,3H2,1-2H3;2-7,9,14H,8H2,1H3/b9-4+,11-10+;3-2+,10-9+. The summed E-state index contributed by atoms with van der Waals surface area (Å²) < 4.78 is 30.0. The van der Waals surface area contributed by atoms with Gasteiger partial charge < -0.3 is 9.84 Å². The monoisotopic (exact) mass is 426 g/mol. The van der Waals surface area contributed by atoms with Crippen molar-refractivity contribution < 1.29 is 23.4 Å². The summed E-state index contributed by atoms with van der Waals surface area (Å²) in [6, 6.07) is 12.4. The second-order valence-electron chi connectivity index (χ2n) is 6.55. The number of aliphatic hydroxyl groups excluding tert-OH is 1. The molecular formula is C26H28F2O3. The van der Waals surface area contributed by atoms with Crippen molar-refractivity contribution in [1.29, 1.82) is 0 Å². The first-order chi connectivity index (χ1) is 14.8. The van der Waals surface area contributed by atoms with Crippen LogP contribution in [0.25, 0.3) is 12.2 Å². The van der Waals surface area contributed by atoms with E-state index in [-0.39, 0.29) is 24.2 Å². The average molecular weight is 427 g/mol. The molecule has 1 N–H and O–H groups in total. The maximum Gasteiger partial charge on any atom is 0.330 e. The van der Waals surface area contributed by atoms with Gasteiger partial charge in [0.05, 0.1) is 13.2 Å². The molecule has 0 aliphatic rings. The SMILES string of the molecule is CC(/C=C/CO)=C\c1ccc(F)cc1.CCOC(=O)/C=C/C(C)=C/c1ccc(F)cc1. The van der Waals surface area contributed by atoms with Crippen LogP contribution in [0.5, 0.6) is 0 Å². The zero-order valence-electron chi connectivity index (χ0n) is 18.0. The Labute approximate surface area is 182 Å². The first kappa shape index (κ1) is 25.7. The summed E-state index contributed by atoms with van der Waals surface area (Å²) in [6.45, 7) is 5.94. The Morgan fingerprint density at radius 3 is 1.71 bits per heavy atom. The molecule has 0 saturated heterocycles. The van der Waals surface area contributed by atoms with Crippen molar-refractivity contribution >= 4 is 18.1 Å². The number of hydrogen-bond acceptors (Lipinski definition) is 3. The normalized spacial score (nSPS) is 12.1. The Bertz CT molecular complexity index is 922. The fraction of sp³-hybridized carbons (Fsp3) is 0.192. The van der Waals surface area contributed by atoms with Gasteiger partial charge in [0, 0.05) is 6.08 Å². The highest BCUT2D eigenvalue weighted by atomic mass is 19.1. The van der Waals surface area contributed by atoms with E-state index in [9.17, 15) is 13.6 Å². The van der Waals surface area contributed by atoms with Gasteiger partial charge in [-0.05, 0) is 56.2 Å². The minimum atomic E-state index is -0.362. The Balaban J connectivity index is 0.000000316. The molecule has 5 heteroatoms. The lowest BCUT2D eigenvalue weighted by molar-refractivity contribution is -0.137. The summed E-state index contributed by atoms with van der Waals surface area (Å²) in [5.74, 6) is -0.855. The van der Waals surface area contributed by atoms with E-state index in [2.05, 4.69) is 0 Å². The van der Waals surface area contributed by atoms with Crippen molar-refractivity contribution in [2.75, 3.05) is 13.2 Å². The maximum atomic E-state index is 12.7. The first-order valence-electron chi connectivity index (χ1n) is 9.84. The van der Waals surface area contributed by atoms with Gasteiger partial charge in [-0.25, -0.2) is 13.6 Å². The predicted octanol–water partition coefficient (Wildman–Crippen LogP) is 6.13. The van der Waals surface area contributed by atoms with E-state index in [1.54, 1.807) is 43.3 Å². The van der Waals surface area contributed by atoms with E-state index in [1.165, 1.54) is 30.3 Å². The number of hydrogen-bond donors (Lipinski definition) is 1. The third-order valence-electron chi connectivity index (χ3n) is 3.78. The second-order valence-corrected chi connectivity index (χ2v) is 6.55. The molecule has 0 aliphatic carbocycles. The van der Waals surface area contributed by atoms with Gasteiger partial charge in [-0.15, -0.1) is 0 Å². The molecule has 2 aromatic rings. The van der Waals surface area contributed by atoms with Crippen molar-refractivity contribution in [2.24, 2.45) is 0 Å². The van der Waals surface area contributed by atoms with Crippen LogP contribution in [0.4, 0.5) is 8.78 Å². The molecule has 0 spiro atoms. The van der Waals surface area contributed by atoms with E-state index < -0.39 is 0 Å². The van der Waals surface area contributed by atoms with E-state index in [0.717, 1.165) is 22.3 Å². The number of rotatable bonds is 7. The van der Waals surface area contributed by atoms with Gasteiger partial charge in [-0.1, -0.05) is 65.8 Å². The number of ether oxygens (including phenoxy) is 1. The molecule has 3 nitrogen and oxygen atoms in total. The second kappa shape index (κ2) is 14.6. The molecule has 0 atom stereocenters. The predicted molar refractivity (Wildman–Crippen MR) is 122 cm³/mol. The van der Waals surface area contributed by atoms with Gasteiger partial charge >= 0.3 is 5.97 Å². The molecule has 0 unspecified atom stereocenters. The third-order valence-corrected chi connectivity index (χ3v) is 3.78. The number of carbonyl (C=O) groups is 1. The van der Waals surface area contributed by atoms with Gasteiger partial charge in [0.25, 0.3) is 0 Å². The number of halogens is 2. The fourth-order valence-corrected chi connectivity index (χ4v) is 2.37. The van der Waals surface area contributed by atoms with Gasteiger partial charge in [-0.3, -0.25) is 0 Å². The number of carbonyl (C=O) groups excluding carboxylic acids is 1. The topological polar surface area (TPSA) is 46.5 Å². The first-order valence-corrected chi connectivity index (χ1v) is 9.84. The minimum absolute atomic E-state index is 0.0363. The van der Waals surface area contributed by atoms with E-state index in [4.69, 9.17) is 9.84 Å². The minimum Gasteiger partial charge on any atom is -0.463 e. The van der Waals surface area contributed by atoms with Gasteiger partial charge in [0.2, 0.25) is 0 Å². The average Bonchev–Trinajstić information content (AvgIpc) is 2.75. The van der Waals surface area contributed by atoms with E-state index in [1.807, 2.05) is 32.1 Å². The summed E-state index contributed by atoms with van der Waals surface area (Å²) in [6.07, 6.45) is 10.3. The van der Waals surface area contributed by atoms with Crippen LogP contribution in [0.3, 0.4) is 0 Å². The van der Waals surface area contributed by atoms with Crippen molar-refractivity contribution in [3.05, 3.63) is 107 Å². The number of aliphatic hydroxyl groups is 1. The Kier molecular flexibility index (Phi) is 12.1. The summed E-state index contributed by atoms with van der Waals surface area (Å²) in [5.41, 5.74) is 3.75. The largest absolute Gasteiger partial charge is 0.463 e. The molecular weight excluding hydrogens is 398 g/mol. The number of allylic oxidation sites excluding steroid dienone is 4. The van der Waals surface area contributed by atoms with Crippen LogP contribution in [0, 0.1) is 11.6 Å². The van der Waals surface area contributed by atoms with Gasteiger partial charge in [-0.2, -0.15) is 0 Å². The molecule has 0 heterocycles. The molecule has 2 rings (SSSR count). The van der Waals surface area contributed by atoms with Crippen LogP contribution in [-0.4, -0.2) is 24.3 Å². The van der Waals surface area contributed by atoms with Crippen molar-refractivity contribution in [1.82, 2.24) is 0 Å². The maximum absolute atomic E-state index is 12.7. The van der Waals surface area contributed by atoms with E-state index in [0.29, 0.717) is 6.61 Å². The molecule has 164 valence electrons. The summed E-state index contributed by atoms with van der Waals surface area (Å²) in [7, 11) is 0. The zero-order chi connectivity index (χ0) is 23.1. The third kappa shape index (κ3) is 12.1. The fourth-order valence-electron chi connectivity index (χ4n) is 2.37. The van der Waals surface area contributed by atoms with Crippen LogP contribution in [0.15, 0.2) is 84.0 Å². The molecule has 0 amide bonds. The Hall–Kier alpha value is -3.31. The molecule has 0 aromatic heterocycles. The molecule has 0 saturated carbocycles. The zero-order valence-corrected chi connectivity index (χ0v) is 18.0.